The van der Waals surface area contributed by atoms with Gasteiger partial charge in [0.05, 0.1) is 18.6 Å². The second-order valence-electron chi connectivity index (χ2n) is 5.83. The zero-order valence-electron chi connectivity index (χ0n) is 13.1. The first-order valence-electron chi connectivity index (χ1n) is 7.57. The molecule has 5 heteroatoms. The van der Waals surface area contributed by atoms with Crippen molar-refractivity contribution in [3.05, 3.63) is 58.7 Å². The molecule has 0 saturated carbocycles. The number of hydrogen-bond donors (Lipinski definition) is 1. The second kappa shape index (κ2) is 5.99. The van der Waals surface area contributed by atoms with Crippen LogP contribution >= 0.6 is 0 Å². The number of ether oxygens (including phenoxy) is 1. The van der Waals surface area contributed by atoms with Gasteiger partial charge in [0.2, 0.25) is 0 Å². The first kappa shape index (κ1) is 15.5. The van der Waals surface area contributed by atoms with Gasteiger partial charge in [0.15, 0.2) is 0 Å². The van der Waals surface area contributed by atoms with E-state index in [-0.39, 0.29) is 5.78 Å². The van der Waals surface area contributed by atoms with Crippen LogP contribution in [0.25, 0.3) is 0 Å². The fourth-order valence-corrected chi connectivity index (χ4v) is 3.45. The fraction of sp³-hybridized carbons (Fsp3) is 0.333. The van der Waals surface area contributed by atoms with Crippen LogP contribution in [0.2, 0.25) is 0 Å². The van der Waals surface area contributed by atoms with Crippen molar-refractivity contribution in [2.24, 2.45) is 5.92 Å². The molecule has 0 radical (unpaired) electrons. The van der Waals surface area contributed by atoms with Gasteiger partial charge in [-0.05, 0) is 31.0 Å². The Morgan fingerprint density at radius 2 is 2.13 bits per heavy atom. The summed E-state index contributed by atoms with van der Waals surface area (Å²) in [5.74, 6) is -1.86. The van der Waals surface area contributed by atoms with Crippen LogP contribution in [0.15, 0.2) is 47.3 Å². The number of benzene rings is 1. The molecular weight excluding hydrogens is 297 g/mol. The monoisotopic (exact) mass is 315 g/mol. The van der Waals surface area contributed by atoms with Gasteiger partial charge in [-0.2, -0.15) is 0 Å². The summed E-state index contributed by atoms with van der Waals surface area (Å²) in [6.45, 7) is 1.77. The third kappa shape index (κ3) is 2.67. The van der Waals surface area contributed by atoms with Gasteiger partial charge in [0, 0.05) is 23.7 Å². The molecule has 2 atom stereocenters. The lowest BCUT2D eigenvalue weighted by atomic mass is 9.71. The van der Waals surface area contributed by atoms with Crippen molar-refractivity contribution in [1.29, 1.82) is 0 Å². The summed E-state index contributed by atoms with van der Waals surface area (Å²) in [4.78, 5) is 24.8. The topological polar surface area (TPSA) is 55.4 Å². The molecule has 0 bridgehead atoms. The number of hydrogen-bond acceptors (Lipinski definition) is 4. The highest BCUT2D eigenvalue weighted by molar-refractivity contribution is 5.96. The summed E-state index contributed by atoms with van der Waals surface area (Å²) in [6, 6.07) is 6.06. The number of Topliss-reactive ketones (excluding diaryl/α,β-unsaturated/α-hetero) is 1. The lowest BCUT2D eigenvalue weighted by Gasteiger charge is -2.37. The molecule has 3 rings (SSSR count). The number of esters is 1. The number of nitrogens with one attached hydrogen (secondary N) is 1. The van der Waals surface area contributed by atoms with Crippen LogP contribution in [0.1, 0.15) is 31.2 Å². The minimum absolute atomic E-state index is 0.0539. The number of ketones is 1. The number of fused-ring (bicyclic) bond motifs is 1. The van der Waals surface area contributed by atoms with E-state index in [0.717, 1.165) is 5.70 Å². The molecule has 120 valence electrons. The molecule has 2 unspecified atom stereocenters. The summed E-state index contributed by atoms with van der Waals surface area (Å²) < 4.78 is 18.6. The van der Waals surface area contributed by atoms with Crippen LogP contribution in [-0.4, -0.2) is 18.9 Å². The van der Waals surface area contributed by atoms with Crippen molar-refractivity contribution < 1.29 is 18.7 Å². The van der Waals surface area contributed by atoms with E-state index in [1.165, 1.54) is 19.2 Å². The molecule has 1 aromatic carbocycles. The average Bonchev–Trinajstić information content (AvgIpc) is 2.53. The summed E-state index contributed by atoms with van der Waals surface area (Å²) in [5.41, 5.74) is 2.43. The number of rotatable bonds is 2. The maximum absolute atomic E-state index is 13.7. The fourth-order valence-electron chi connectivity index (χ4n) is 3.45. The largest absolute Gasteiger partial charge is 0.466 e. The van der Waals surface area contributed by atoms with Gasteiger partial charge in [0.25, 0.3) is 0 Å². The third-order valence-electron chi connectivity index (χ3n) is 4.43. The summed E-state index contributed by atoms with van der Waals surface area (Å²) >= 11 is 0. The van der Waals surface area contributed by atoms with Crippen LogP contribution < -0.4 is 5.32 Å². The van der Waals surface area contributed by atoms with Crippen molar-refractivity contribution in [2.75, 3.05) is 7.11 Å². The van der Waals surface area contributed by atoms with E-state index in [9.17, 15) is 14.0 Å². The summed E-state index contributed by atoms with van der Waals surface area (Å²) in [6.07, 6.45) is 3.08. The molecule has 1 aliphatic carbocycles. The Bertz CT molecular complexity index is 736. The van der Waals surface area contributed by atoms with Crippen LogP contribution in [-0.2, 0) is 14.3 Å². The Balaban J connectivity index is 2.20. The lowest BCUT2D eigenvalue weighted by molar-refractivity contribution is -0.136. The quantitative estimate of drug-likeness (QED) is 0.853. The SMILES string of the molecule is COC(=O)C1=C(C)NC2=CCCC(=O)C2C1c1cccc(F)c1. The van der Waals surface area contributed by atoms with Crippen LogP contribution in [0.5, 0.6) is 0 Å². The number of allylic oxidation sites excluding steroid dienone is 3. The molecule has 1 aliphatic heterocycles. The number of carbonyl (C=O) groups is 2. The predicted molar refractivity (Wildman–Crippen MR) is 82.8 cm³/mol. The predicted octanol–water partition coefficient (Wildman–Crippen LogP) is 2.82. The van der Waals surface area contributed by atoms with E-state index in [2.05, 4.69) is 5.32 Å². The number of halogens is 1. The van der Waals surface area contributed by atoms with E-state index in [0.29, 0.717) is 29.7 Å². The zero-order valence-corrected chi connectivity index (χ0v) is 13.1. The standard InChI is InChI=1S/C18H18FNO3/c1-10-15(18(22)23-2)16(11-5-3-6-12(19)9-11)17-13(20-10)7-4-8-14(17)21/h3,5-7,9,16-17,20H,4,8H2,1-2H3. The van der Waals surface area contributed by atoms with E-state index in [1.54, 1.807) is 19.1 Å². The molecule has 1 aromatic rings. The van der Waals surface area contributed by atoms with Crippen molar-refractivity contribution in [3.8, 4) is 0 Å². The first-order chi connectivity index (χ1) is 11.0. The Morgan fingerprint density at radius 3 is 2.83 bits per heavy atom. The highest BCUT2D eigenvalue weighted by atomic mass is 19.1. The van der Waals surface area contributed by atoms with Gasteiger partial charge < -0.3 is 10.1 Å². The minimum Gasteiger partial charge on any atom is -0.466 e. The molecule has 0 saturated heterocycles. The molecule has 1 N–H and O–H groups in total. The summed E-state index contributed by atoms with van der Waals surface area (Å²) in [7, 11) is 1.30. The third-order valence-corrected chi connectivity index (χ3v) is 4.43. The molecule has 0 spiro atoms. The average molecular weight is 315 g/mol. The molecular formula is C18H18FNO3. The van der Waals surface area contributed by atoms with E-state index in [4.69, 9.17) is 4.74 Å². The van der Waals surface area contributed by atoms with Gasteiger partial charge in [-0.1, -0.05) is 18.2 Å². The van der Waals surface area contributed by atoms with Crippen molar-refractivity contribution >= 4 is 11.8 Å². The van der Waals surface area contributed by atoms with Gasteiger partial charge in [-0.25, -0.2) is 9.18 Å². The number of methoxy groups -OCH3 is 1. The Labute approximate surface area is 134 Å². The van der Waals surface area contributed by atoms with E-state index in [1.807, 2.05) is 6.08 Å². The maximum atomic E-state index is 13.7. The van der Waals surface area contributed by atoms with Crippen LogP contribution in [0, 0.1) is 11.7 Å². The zero-order chi connectivity index (χ0) is 16.6. The molecule has 0 aromatic heterocycles. The maximum Gasteiger partial charge on any atom is 0.336 e. The van der Waals surface area contributed by atoms with Crippen LogP contribution in [0.3, 0.4) is 0 Å². The van der Waals surface area contributed by atoms with Gasteiger partial charge in [0.1, 0.15) is 11.6 Å². The minimum atomic E-state index is -0.529. The van der Waals surface area contributed by atoms with Crippen molar-refractivity contribution in [1.82, 2.24) is 5.32 Å². The van der Waals surface area contributed by atoms with Crippen molar-refractivity contribution in [3.63, 3.8) is 0 Å². The van der Waals surface area contributed by atoms with Crippen molar-refractivity contribution in [2.45, 2.75) is 25.7 Å². The Hall–Kier alpha value is -2.43. The molecule has 0 fully saturated rings. The second-order valence-corrected chi connectivity index (χ2v) is 5.83. The molecule has 23 heavy (non-hydrogen) atoms. The van der Waals surface area contributed by atoms with E-state index < -0.39 is 23.6 Å². The Morgan fingerprint density at radius 1 is 1.35 bits per heavy atom. The number of carbonyl (C=O) groups excluding carboxylic acids is 2. The molecule has 1 heterocycles. The molecule has 0 amide bonds. The summed E-state index contributed by atoms with van der Waals surface area (Å²) in [5, 5.41) is 3.15. The highest BCUT2D eigenvalue weighted by Crippen LogP contribution is 2.43. The molecule has 2 aliphatic rings. The normalized spacial score (nSPS) is 23.8. The molecule has 4 nitrogen and oxygen atoms in total. The van der Waals surface area contributed by atoms with Crippen LogP contribution in [0.4, 0.5) is 4.39 Å². The first-order valence-corrected chi connectivity index (χ1v) is 7.57. The lowest BCUT2D eigenvalue weighted by Crippen LogP contribution is -2.40. The van der Waals surface area contributed by atoms with Gasteiger partial charge >= 0.3 is 5.97 Å². The van der Waals surface area contributed by atoms with Gasteiger partial charge in [-0.15, -0.1) is 0 Å². The highest BCUT2D eigenvalue weighted by Gasteiger charge is 2.43. The smallest absolute Gasteiger partial charge is 0.336 e. The van der Waals surface area contributed by atoms with E-state index >= 15 is 0 Å². The van der Waals surface area contributed by atoms with Gasteiger partial charge in [-0.3, -0.25) is 4.79 Å². The Kier molecular flexibility index (Phi) is 4.03.